The fourth-order valence-corrected chi connectivity index (χ4v) is 22.5. The van der Waals surface area contributed by atoms with Gasteiger partial charge in [0.2, 0.25) is 0 Å². The first kappa shape index (κ1) is 43.9. The topological polar surface area (TPSA) is 61.5 Å². The molecule has 1 saturated heterocycles. The number of halogens is 1. The van der Waals surface area contributed by atoms with Gasteiger partial charge in [0.1, 0.15) is 0 Å². The Labute approximate surface area is 283 Å². The Hall–Kier alpha value is -0.146. The summed E-state index contributed by atoms with van der Waals surface area (Å²) < 4.78 is 12.6. The van der Waals surface area contributed by atoms with Crippen molar-refractivity contribution >= 4 is 33.8 Å². The van der Waals surface area contributed by atoms with E-state index in [1.807, 2.05) is 0 Å². The Bertz CT molecular complexity index is 802. The van der Waals surface area contributed by atoms with Gasteiger partial charge < -0.3 is 14.9 Å². The van der Waals surface area contributed by atoms with Gasteiger partial charge in [-0.05, 0) is 77.9 Å². The molecular weight excluding hydrogens is 598 g/mol. The van der Waals surface area contributed by atoms with Gasteiger partial charge in [-0.1, -0.05) is 129 Å². The third-order valence-electron chi connectivity index (χ3n) is 11.0. The summed E-state index contributed by atoms with van der Waals surface area (Å²) in [4.78, 5) is 11.8. The van der Waals surface area contributed by atoms with E-state index >= 15 is 0 Å². The van der Waals surface area contributed by atoms with Crippen LogP contribution in [0.1, 0.15) is 164 Å². The van der Waals surface area contributed by atoms with Gasteiger partial charge in [-0.2, -0.15) is 0 Å². The predicted octanol–water partition coefficient (Wildman–Crippen LogP) is 11.9. The fraction of sp³-hybridized carbons (Fsp3) is 0.919. The zero-order valence-electron chi connectivity index (χ0n) is 30.9. The van der Waals surface area contributed by atoms with E-state index in [1.165, 1.54) is 109 Å². The van der Waals surface area contributed by atoms with Gasteiger partial charge in [0, 0.05) is 11.1 Å². The van der Waals surface area contributed by atoms with Crippen molar-refractivity contribution in [3.8, 4) is 0 Å². The molecule has 44 heavy (non-hydrogen) atoms. The first-order chi connectivity index (χ1) is 20.1. The van der Waals surface area contributed by atoms with Gasteiger partial charge in [-0.25, -0.2) is 4.79 Å². The van der Waals surface area contributed by atoms with Crippen molar-refractivity contribution in [3.63, 3.8) is 0 Å². The smallest absolute Gasteiger partial charge is 0.333 e. The Morgan fingerprint density at radius 1 is 0.909 bits per heavy atom. The van der Waals surface area contributed by atoms with Crippen LogP contribution in [0.4, 0.5) is 0 Å². The molecule has 1 aliphatic rings. The Kier molecular flexibility index (Phi) is 21.6. The standard InChI is InChI=1S/C37H75NO3Si2.ClH/c1-11-13-14-15-16-17-18-19-20-21-22-23-24-25-27-33(36(5,6)38)34(12-2)43(10)31-29-37(7,41-42(43,8)9)28-26-30-40-35(39)32(3)4;/h33-34H,3,11-31,38H2,1-2,4-10H3;1H. The maximum Gasteiger partial charge on any atom is 0.333 e. The van der Waals surface area contributed by atoms with Crippen LogP contribution in [-0.2, 0) is 14.0 Å². The van der Waals surface area contributed by atoms with Crippen LogP contribution in [-0.4, -0.2) is 39.1 Å². The van der Waals surface area contributed by atoms with Crippen molar-refractivity contribution in [1.82, 2.24) is 0 Å². The highest BCUT2D eigenvalue weighted by molar-refractivity contribution is 7.39. The minimum absolute atomic E-state index is 0. The summed E-state index contributed by atoms with van der Waals surface area (Å²) in [5, 5.41) is 0. The number of hydrogen-bond acceptors (Lipinski definition) is 4. The number of hydrogen-bond donors (Lipinski definition) is 1. The lowest BCUT2D eigenvalue weighted by Gasteiger charge is -2.57. The second-order valence-corrected chi connectivity index (χ2v) is 30.2. The molecule has 4 nitrogen and oxygen atoms in total. The number of esters is 1. The first-order valence-electron chi connectivity index (χ1n) is 18.4. The lowest BCUT2D eigenvalue weighted by atomic mass is 9.80. The normalized spacial score (nSPS) is 23.0. The Morgan fingerprint density at radius 2 is 1.39 bits per heavy atom. The van der Waals surface area contributed by atoms with E-state index in [1.54, 1.807) is 6.92 Å². The van der Waals surface area contributed by atoms with Crippen molar-refractivity contribution in [2.75, 3.05) is 6.61 Å². The maximum atomic E-state index is 11.8. The van der Waals surface area contributed by atoms with E-state index in [2.05, 4.69) is 60.8 Å². The molecule has 1 heterocycles. The number of ether oxygens (including phenoxy) is 1. The average Bonchev–Trinajstić information content (AvgIpc) is 2.92. The van der Waals surface area contributed by atoms with Crippen molar-refractivity contribution in [1.29, 1.82) is 0 Å². The van der Waals surface area contributed by atoms with Crippen LogP contribution in [0.2, 0.25) is 31.2 Å². The fourth-order valence-electron chi connectivity index (χ4n) is 7.98. The van der Waals surface area contributed by atoms with Crippen LogP contribution in [0.25, 0.3) is 0 Å². The minimum Gasteiger partial charge on any atom is -0.462 e. The van der Waals surface area contributed by atoms with Crippen molar-refractivity contribution in [2.24, 2.45) is 11.7 Å². The molecule has 262 valence electrons. The highest BCUT2D eigenvalue weighted by Gasteiger charge is 2.59. The van der Waals surface area contributed by atoms with E-state index in [0.717, 1.165) is 19.3 Å². The van der Waals surface area contributed by atoms with Crippen molar-refractivity contribution in [3.05, 3.63) is 12.2 Å². The summed E-state index contributed by atoms with van der Waals surface area (Å²) >= 11 is 0. The van der Waals surface area contributed by atoms with Crippen LogP contribution < -0.4 is 5.73 Å². The van der Waals surface area contributed by atoms with Gasteiger partial charge in [0.15, 0.2) is 7.83 Å². The molecule has 0 aliphatic carbocycles. The van der Waals surface area contributed by atoms with E-state index in [-0.39, 0.29) is 29.5 Å². The number of carbonyl (C=O) groups is 1. The number of rotatable bonds is 24. The number of carbonyl (C=O) groups excluding carboxylic acids is 1. The highest BCUT2D eigenvalue weighted by atomic mass is 35.5. The predicted molar refractivity (Wildman–Crippen MR) is 201 cm³/mol. The molecular formula is C37H76ClNO3Si2. The molecule has 0 aromatic rings. The SMILES string of the molecule is C=C(C)C(=O)OCCCC1(C)CC[Si](C)(C(CC)C(CCCCCCCCCCCCCCCC)C(C)(C)N)[Si](C)(C)O1.Cl. The zero-order valence-corrected chi connectivity index (χ0v) is 33.7. The second kappa shape index (κ2) is 21.7. The third-order valence-corrected chi connectivity index (χ3v) is 29.0. The lowest BCUT2D eigenvalue weighted by molar-refractivity contribution is -0.139. The monoisotopic (exact) mass is 674 g/mol. The minimum atomic E-state index is -1.93. The van der Waals surface area contributed by atoms with Crippen LogP contribution in [0.15, 0.2) is 12.2 Å². The molecule has 0 aromatic heterocycles. The molecule has 2 N–H and O–H groups in total. The highest BCUT2D eigenvalue weighted by Crippen LogP contribution is 2.52. The molecule has 0 saturated carbocycles. The Balaban J connectivity index is 0.0000185. The van der Waals surface area contributed by atoms with E-state index in [4.69, 9.17) is 14.9 Å². The van der Waals surface area contributed by atoms with E-state index < -0.39 is 15.4 Å². The molecule has 7 heteroatoms. The zero-order chi connectivity index (χ0) is 32.6. The van der Waals surface area contributed by atoms with Crippen LogP contribution >= 0.6 is 12.4 Å². The molecule has 0 spiro atoms. The summed E-state index contributed by atoms with van der Waals surface area (Å²) in [5.74, 6) is 0.275. The quantitative estimate of drug-likeness (QED) is 0.0479. The van der Waals surface area contributed by atoms with Crippen LogP contribution in [0.5, 0.6) is 0 Å². The van der Waals surface area contributed by atoms with Crippen molar-refractivity contribution in [2.45, 2.75) is 206 Å². The molecule has 1 fully saturated rings. The maximum absolute atomic E-state index is 11.8. The molecule has 4 unspecified atom stereocenters. The van der Waals surface area contributed by atoms with Crippen LogP contribution in [0.3, 0.4) is 0 Å². The van der Waals surface area contributed by atoms with E-state index in [9.17, 15) is 4.79 Å². The molecule has 0 amide bonds. The molecule has 4 atom stereocenters. The van der Waals surface area contributed by atoms with Gasteiger partial charge in [0.25, 0.3) is 0 Å². The van der Waals surface area contributed by atoms with E-state index in [0.29, 0.717) is 23.6 Å². The first-order valence-corrected chi connectivity index (χ1v) is 25.1. The average molecular weight is 675 g/mol. The molecule has 0 radical (unpaired) electrons. The summed E-state index contributed by atoms with van der Waals surface area (Å²) in [5.41, 5.74) is 7.89. The summed E-state index contributed by atoms with van der Waals surface area (Å²) in [6, 6.07) is 1.33. The van der Waals surface area contributed by atoms with Crippen LogP contribution in [0, 0.1) is 5.92 Å². The molecule has 1 rings (SSSR count). The Morgan fingerprint density at radius 3 is 1.80 bits per heavy atom. The second-order valence-electron chi connectivity index (χ2n) is 15.8. The number of unbranched alkanes of at least 4 members (excludes halogenated alkanes) is 13. The molecule has 0 aromatic carbocycles. The van der Waals surface area contributed by atoms with Crippen molar-refractivity contribution < 1.29 is 14.0 Å². The summed E-state index contributed by atoms with van der Waals surface area (Å²) in [6.07, 6.45) is 25.1. The lowest BCUT2D eigenvalue weighted by Crippen LogP contribution is -2.70. The third kappa shape index (κ3) is 15.2. The van der Waals surface area contributed by atoms with Gasteiger partial charge >= 0.3 is 5.97 Å². The summed E-state index contributed by atoms with van der Waals surface area (Å²) in [6.45, 7) is 25.1. The van der Waals surface area contributed by atoms with Gasteiger partial charge in [-0.15, -0.1) is 12.4 Å². The van der Waals surface area contributed by atoms with Gasteiger partial charge in [0.05, 0.1) is 19.8 Å². The number of nitrogens with two attached hydrogens (primary N) is 1. The largest absolute Gasteiger partial charge is 0.462 e. The summed E-state index contributed by atoms with van der Waals surface area (Å²) in [7, 11) is -3.63. The van der Waals surface area contributed by atoms with Gasteiger partial charge in [-0.3, -0.25) is 0 Å². The molecule has 0 bridgehead atoms. The molecule has 1 aliphatic heterocycles.